The van der Waals surface area contributed by atoms with Crippen LogP contribution in [0.25, 0.3) is 0 Å². The van der Waals surface area contributed by atoms with Gasteiger partial charge >= 0.3 is 11.9 Å². The van der Waals surface area contributed by atoms with E-state index in [1.165, 1.54) is 64.2 Å². The second-order valence-corrected chi connectivity index (χ2v) is 8.21. The molecule has 0 unspecified atom stereocenters. The van der Waals surface area contributed by atoms with Crippen LogP contribution in [0.15, 0.2) is 0 Å². The van der Waals surface area contributed by atoms with Crippen LogP contribution in [0.4, 0.5) is 0 Å². The number of ether oxygens (including phenoxy) is 2. The number of carbonyl (C=O) groups excluding carboxylic acids is 2. The Hall–Kier alpha value is -1.06. The average Bonchev–Trinajstić information content (AvgIpc) is 2.69. The highest BCUT2D eigenvalue weighted by molar-refractivity contribution is 5.69. The van der Waals surface area contributed by atoms with E-state index in [0.717, 1.165) is 25.7 Å². The van der Waals surface area contributed by atoms with Crippen molar-refractivity contribution in [2.75, 3.05) is 13.2 Å². The van der Waals surface area contributed by atoms with Crippen LogP contribution in [0.1, 0.15) is 124 Å². The summed E-state index contributed by atoms with van der Waals surface area (Å²) >= 11 is 0. The Labute approximate surface area is 174 Å². The molecule has 0 amide bonds. The zero-order valence-electron chi connectivity index (χ0n) is 18.9. The van der Waals surface area contributed by atoms with E-state index in [0.29, 0.717) is 26.1 Å². The SMILES string of the molecule is CCCCCCCCCC(=O)OCC(C)COC(=O)CCCCCCCCC. The predicted octanol–water partition coefficient (Wildman–Crippen LogP) is 6.99. The first kappa shape index (κ1) is 26.9. The molecule has 0 spiro atoms. The Kier molecular flexibility index (Phi) is 19.9. The third-order valence-corrected chi connectivity index (χ3v) is 5.03. The molecule has 0 bridgehead atoms. The Morgan fingerprint density at radius 2 is 0.893 bits per heavy atom. The van der Waals surface area contributed by atoms with Crippen LogP contribution in [0, 0.1) is 5.92 Å². The third-order valence-electron chi connectivity index (χ3n) is 5.03. The molecule has 0 aromatic rings. The summed E-state index contributed by atoms with van der Waals surface area (Å²) in [6.45, 7) is 7.05. The third kappa shape index (κ3) is 19.7. The van der Waals surface area contributed by atoms with Crippen molar-refractivity contribution in [2.45, 2.75) is 124 Å². The van der Waals surface area contributed by atoms with E-state index in [4.69, 9.17) is 9.47 Å². The quantitative estimate of drug-likeness (QED) is 0.164. The molecule has 0 radical (unpaired) electrons. The van der Waals surface area contributed by atoms with Gasteiger partial charge < -0.3 is 9.47 Å². The van der Waals surface area contributed by atoms with Gasteiger partial charge in [-0.05, 0) is 12.8 Å². The van der Waals surface area contributed by atoms with Gasteiger partial charge in [-0.2, -0.15) is 0 Å². The molecule has 0 saturated carbocycles. The molecule has 166 valence electrons. The first-order valence-corrected chi connectivity index (χ1v) is 11.9. The molecular formula is C24H46O4. The van der Waals surface area contributed by atoms with Gasteiger partial charge in [0.1, 0.15) is 0 Å². The van der Waals surface area contributed by atoms with Crippen molar-refractivity contribution in [2.24, 2.45) is 5.92 Å². The Balaban J connectivity index is 3.48. The summed E-state index contributed by atoms with van der Waals surface area (Å²) in [6.07, 6.45) is 17.7. The van der Waals surface area contributed by atoms with Crippen molar-refractivity contribution < 1.29 is 19.1 Å². The molecule has 0 rings (SSSR count). The van der Waals surface area contributed by atoms with Crippen molar-refractivity contribution in [1.82, 2.24) is 0 Å². The van der Waals surface area contributed by atoms with Crippen molar-refractivity contribution in [3.05, 3.63) is 0 Å². The van der Waals surface area contributed by atoms with E-state index in [1.807, 2.05) is 6.92 Å². The second-order valence-electron chi connectivity index (χ2n) is 8.21. The number of rotatable bonds is 20. The molecule has 0 aliphatic carbocycles. The lowest BCUT2D eigenvalue weighted by molar-refractivity contribution is -0.148. The van der Waals surface area contributed by atoms with Gasteiger partial charge in [0.25, 0.3) is 0 Å². The predicted molar refractivity (Wildman–Crippen MR) is 116 cm³/mol. The lowest BCUT2D eigenvalue weighted by Crippen LogP contribution is -2.18. The lowest BCUT2D eigenvalue weighted by atomic mass is 10.1. The van der Waals surface area contributed by atoms with Crippen LogP contribution in [0.5, 0.6) is 0 Å². The van der Waals surface area contributed by atoms with Crippen molar-refractivity contribution >= 4 is 11.9 Å². The maximum atomic E-state index is 11.8. The van der Waals surface area contributed by atoms with E-state index < -0.39 is 0 Å². The number of unbranched alkanes of at least 4 members (excludes halogenated alkanes) is 12. The van der Waals surface area contributed by atoms with Gasteiger partial charge in [-0.25, -0.2) is 0 Å². The number of carbonyl (C=O) groups is 2. The zero-order valence-corrected chi connectivity index (χ0v) is 18.9. The lowest BCUT2D eigenvalue weighted by Gasteiger charge is -2.13. The fraction of sp³-hybridized carbons (Fsp3) is 0.917. The number of hydrogen-bond donors (Lipinski definition) is 0. The second kappa shape index (κ2) is 20.7. The minimum absolute atomic E-state index is 0.0518. The molecule has 0 heterocycles. The largest absolute Gasteiger partial charge is 0.465 e. The smallest absolute Gasteiger partial charge is 0.305 e. The first-order chi connectivity index (χ1) is 13.6. The summed E-state index contributed by atoms with van der Waals surface area (Å²) < 4.78 is 10.6. The average molecular weight is 399 g/mol. The monoisotopic (exact) mass is 398 g/mol. The standard InChI is InChI=1S/C24H46O4/c1-4-6-8-10-12-14-16-18-23(25)27-20-22(3)21-28-24(26)19-17-15-13-11-9-7-5-2/h22H,4-21H2,1-3H3. The fourth-order valence-corrected chi connectivity index (χ4v) is 3.12. The maximum absolute atomic E-state index is 11.8. The molecule has 4 nitrogen and oxygen atoms in total. The number of hydrogen-bond acceptors (Lipinski definition) is 4. The molecule has 0 atom stereocenters. The highest BCUT2D eigenvalue weighted by atomic mass is 16.5. The summed E-state index contributed by atoms with van der Waals surface area (Å²) in [5.41, 5.74) is 0. The maximum Gasteiger partial charge on any atom is 0.305 e. The minimum Gasteiger partial charge on any atom is -0.465 e. The molecule has 0 aliphatic rings. The van der Waals surface area contributed by atoms with E-state index in [9.17, 15) is 9.59 Å². The molecule has 0 N–H and O–H groups in total. The summed E-state index contributed by atoms with van der Waals surface area (Å²) in [7, 11) is 0. The van der Waals surface area contributed by atoms with Crippen molar-refractivity contribution in [3.63, 3.8) is 0 Å². The molecule has 0 aliphatic heterocycles. The summed E-state index contributed by atoms with van der Waals surface area (Å²) in [5, 5.41) is 0. The first-order valence-electron chi connectivity index (χ1n) is 11.9. The van der Waals surface area contributed by atoms with Gasteiger partial charge in [0.15, 0.2) is 0 Å². The Morgan fingerprint density at radius 3 is 1.25 bits per heavy atom. The van der Waals surface area contributed by atoms with Crippen LogP contribution in [0.3, 0.4) is 0 Å². The van der Waals surface area contributed by atoms with Crippen LogP contribution < -0.4 is 0 Å². The fourth-order valence-electron chi connectivity index (χ4n) is 3.12. The van der Waals surface area contributed by atoms with Gasteiger partial charge in [-0.1, -0.05) is 97.8 Å². The minimum atomic E-state index is -0.130. The molecular weight excluding hydrogens is 352 g/mol. The van der Waals surface area contributed by atoms with Crippen molar-refractivity contribution in [1.29, 1.82) is 0 Å². The van der Waals surface area contributed by atoms with E-state index in [1.54, 1.807) is 0 Å². The summed E-state index contributed by atoms with van der Waals surface area (Å²) in [5.74, 6) is -0.208. The van der Waals surface area contributed by atoms with Crippen molar-refractivity contribution in [3.8, 4) is 0 Å². The van der Waals surface area contributed by atoms with Crippen LogP contribution >= 0.6 is 0 Å². The Morgan fingerprint density at radius 1 is 0.571 bits per heavy atom. The highest BCUT2D eigenvalue weighted by Gasteiger charge is 2.10. The molecule has 0 aromatic heterocycles. The van der Waals surface area contributed by atoms with Gasteiger partial charge in [0, 0.05) is 18.8 Å². The van der Waals surface area contributed by atoms with Gasteiger partial charge in [0.05, 0.1) is 13.2 Å². The summed E-state index contributed by atoms with van der Waals surface area (Å²) in [4.78, 5) is 23.5. The van der Waals surface area contributed by atoms with Gasteiger partial charge in [-0.15, -0.1) is 0 Å². The van der Waals surface area contributed by atoms with Crippen LogP contribution in [-0.4, -0.2) is 25.2 Å². The zero-order chi connectivity index (χ0) is 20.9. The van der Waals surface area contributed by atoms with Gasteiger partial charge in [-0.3, -0.25) is 9.59 Å². The summed E-state index contributed by atoms with van der Waals surface area (Å²) in [6, 6.07) is 0. The highest BCUT2D eigenvalue weighted by Crippen LogP contribution is 2.10. The van der Waals surface area contributed by atoms with Gasteiger partial charge in [0.2, 0.25) is 0 Å². The number of esters is 2. The van der Waals surface area contributed by atoms with E-state index >= 15 is 0 Å². The molecule has 0 aromatic carbocycles. The van der Waals surface area contributed by atoms with E-state index in [-0.39, 0.29) is 17.9 Å². The molecule has 0 fully saturated rings. The molecule has 0 saturated heterocycles. The van der Waals surface area contributed by atoms with E-state index in [2.05, 4.69) is 13.8 Å². The Bertz CT molecular complexity index is 334. The topological polar surface area (TPSA) is 52.6 Å². The van der Waals surface area contributed by atoms with Crippen LogP contribution in [-0.2, 0) is 19.1 Å². The normalized spacial score (nSPS) is 11.0. The molecule has 28 heavy (non-hydrogen) atoms. The molecule has 4 heteroatoms. The van der Waals surface area contributed by atoms with Crippen LogP contribution in [0.2, 0.25) is 0 Å².